The summed E-state index contributed by atoms with van der Waals surface area (Å²) in [6.07, 6.45) is 3.55. The molecule has 1 aliphatic heterocycles. The van der Waals surface area contributed by atoms with E-state index >= 15 is 0 Å². The smallest absolute Gasteiger partial charge is 0.188 e. The number of hydrogen-bond donors (Lipinski definition) is 1. The molecule has 2 aliphatic rings. The summed E-state index contributed by atoms with van der Waals surface area (Å²) in [5.41, 5.74) is 9.62. The molecule has 1 aliphatic carbocycles. The van der Waals surface area contributed by atoms with Crippen LogP contribution in [0.25, 0.3) is 10.9 Å². The highest BCUT2D eigenvalue weighted by Crippen LogP contribution is 2.44. The molecule has 33 heavy (non-hydrogen) atoms. The number of thiocarbonyl (C=S) groups is 1. The molecule has 1 saturated heterocycles. The second kappa shape index (κ2) is 9.21. The average molecular weight is 457 g/mol. The SMILES string of the molecule is CCN(CC)C(=S)Nn1c(C#Cc2ccccc2)c2c3c(cccc31)[C@H]1CCCN(C)[C@@H]1C2. The minimum atomic E-state index is 0.528. The third kappa shape index (κ3) is 3.92. The topological polar surface area (TPSA) is 23.4 Å². The van der Waals surface area contributed by atoms with Gasteiger partial charge in [0, 0.05) is 36.0 Å². The summed E-state index contributed by atoms with van der Waals surface area (Å²) < 4.78 is 2.15. The molecule has 5 heteroatoms. The van der Waals surface area contributed by atoms with Gasteiger partial charge in [-0.05, 0) is 94.2 Å². The Morgan fingerprint density at radius 2 is 1.88 bits per heavy atom. The summed E-state index contributed by atoms with van der Waals surface area (Å²) in [4.78, 5) is 4.72. The highest BCUT2D eigenvalue weighted by molar-refractivity contribution is 7.80. The van der Waals surface area contributed by atoms with Crippen LogP contribution in [0.15, 0.2) is 48.5 Å². The third-order valence-electron chi connectivity index (χ3n) is 7.35. The Morgan fingerprint density at radius 3 is 2.64 bits per heavy atom. The van der Waals surface area contributed by atoms with E-state index in [2.05, 4.69) is 83.0 Å². The molecule has 4 nitrogen and oxygen atoms in total. The number of nitrogens with one attached hydrogen (secondary N) is 1. The van der Waals surface area contributed by atoms with Crippen molar-refractivity contribution in [1.82, 2.24) is 14.5 Å². The zero-order chi connectivity index (χ0) is 22.9. The fourth-order valence-electron chi connectivity index (χ4n) is 5.63. The quantitative estimate of drug-likeness (QED) is 0.445. The van der Waals surface area contributed by atoms with Crippen LogP contribution in [0.1, 0.15) is 55.0 Å². The number of nitrogens with zero attached hydrogens (tertiary/aromatic N) is 3. The molecule has 1 fully saturated rings. The molecule has 170 valence electrons. The van der Waals surface area contributed by atoms with Gasteiger partial charge < -0.3 is 9.80 Å². The van der Waals surface area contributed by atoms with E-state index in [1.807, 2.05) is 18.2 Å². The fraction of sp³-hybridized carbons (Fsp3) is 0.393. The van der Waals surface area contributed by atoms with Crippen LogP contribution in [0.2, 0.25) is 0 Å². The molecule has 0 bridgehead atoms. The van der Waals surface area contributed by atoms with Gasteiger partial charge in [-0.3, -0.25) is 5.43 Å². The summed E-state index contributed by atoms with van der Waals surface area (Å²) in [7, 11) is 2.28. The maximum atomic E-state index is 5.81. The van der Waals surface area contributed by atoms with Gasteiger partial charge in [0.25, 0.3) is 0 Å². The first kappa shape index (κ1) is 22.0. The molecule has 1 N–H and O–H groups in total. The van der Waals surface area contributed by atoms with Crippen LogP contribution in [0.5, 0.6) is 0 Å². The van der Waals surface area contributed by atoms with E-state index in [4.69, 9.17) is 12.2 Å². The van der Waals surface area contributed by atoms with E-state index in [9.17, 15) is 0 Å². The Bertz CT molecular complexity index is 1230. The molecule has 0 spiro atoms. The molecule has 1 aromatic heterocycles. The van der Waals surface area contributed by atoms with Crippen molar-refractivity contribution in [2.75, 3.05) is 32.1 Å². The second-order valence-electron chi connectivity index (χ2n) is 9.11. The van der Waals surface area contributed by atoms with Crippen molar-refractivity contribution in [3.05, 3.63) is 70.9 Å². The number of likely N-dealkylation sites (N-methyl/N-ethyl adjacent to an activating group) is 1. The van der Waals surface area contributed by atoms with E-state index in [-0.39, 0.29) is 0 Å². The lowest BCUT2D eigenvalue weighted by molar-refractivity contribution is 0.157. The average Bonchev–Trinajstić information content (AvgIpc) is 3.13. The number of likely N-dealkylation sites (tertiary alicyclic amines) is 1. The minimum Gasteiger partial charge on any atom is -0.348 e. The number of benzene rings is 2. The van der Waals surface area contributed by atoms with Gasteiger partial charge in [0.2, 0.25) is 0 Å². The Hall–Kier alpha value is -2.81. The van der Waals surface area contributed by atoms with E-state index in [1.165, 1.54) is 41.4 Å². The lowest BCUT2D eigenvalue weighted by atomic mass is 9.75. The number of piperidine rings is 1. The van der Waals surface area contributed by atoms with Crippen LogP contribution in [0.3, 0.4) is 0 Å². The first-order chi connectivity index (χ1) is 16.1. The summed E-state index contributed by atoms with van der Waals surface area (Å²) in [6.45, 7) is 7.20. The van der Waals surface area contributed by atoms with Crippen molar-refractivity contribution in [2.45, 2.75) is 45.1 Å². The standard InChI is InChI=1S/C28H32N4S/c1-4-31(5-2)28(33)29-32-24(17-16-20-11-7-6-8-12-20)23-19-26-21(14-10-18-30(26)3)22-13-9-15-25(32)27(22)23/h6-9,11-13,15,21,26H,4-5,10,14,18-19H2,1-3H3,(H,29,33)/t21-,26-/m1/s1. The predicted octanol–water partition coefficient (Wildman–Crippen LogP) is 4.95. The molecule has 0 unspecified atom stereocenters. The Morgan fingerprint density at radius 1 is 1.09 bits per heavy atom. The Kier molecular flexibility index (Phi) is 6.14. The molecule has 0 amide bonds. The molecule has 2 aromatic carbocycles. The first-order valence-electron chi connectivity index (χ1n) is 12.1. The lowest BCUT2D eigenvalue weighted by Gasteiger charge is -2.42. The number of rotatable bonds is 3. The first-order valence-corrected chi connectivity index (χ1v) is 12.5. The molecule has 2 heterocycles. The van der Waals surface area contributed by atoms with Crippen LogP contribution < -0.4 is 5.43 Å². The molecular formula is C28H32N4S. The maximum absolute atomic E-state index is 5.81. The largest absolute Gasteiger partial charge is 0.348 e. The van der Waals surface area contributed by atoms with Gasteiger partial charge in [0.05, 0.1) is 5.52 Å². The van der Waals surface area contributed by atoms with Crippen molar-refractivity contribution in [2.24, 2.45) is 0 Å². The van der Waals surface area contributed by atoms with Crippen LogP contribution >= 0.6 is 12.2 Å². The second-order valence-corrected chi connectivity index (χ2v) is 9.50. The van der Waals surface area contributed by atoms with Crippen molar-refractivity contribution < 1.29 is 0 Å². The molecule has 0 radical (unpaired) electrons. The fourth-order valence-corrected chi connectivity index (χ4v) is 5.98. The van der Waals surface area contributed by atoms with E-state index in [1.54, 1.807) is 0 Å². The van der Waals surface area contributed by atoms with Crippen LogP contribution in [-0.2, 0) is 6.42 Å². The number of fused-ring (bicyclic) bond motifs is 2. The Labute approximate surface area is 202 Å². The molecular weight excluding hydrogens is 424 g/mol. The van der Waals surface area contributed by atoms with Gasteiger partial charge in [0.15, 0.2) is 5.11 Å². The molecule has 0 saturated carbocycles. The van der Waals surface area contributed by atoms with E-state index in [0.29, 0.717) is 12.0 Å². The van der Waals surface area contributed by atoms with Gasteiger partial charge in [0.1, 0.15) is 5.69 Å². The van der Waals surface area contributed by atoms with Gasteiger partial charge in [-0.2, -0.15) is 0 Å². The van der Waals surface area contributed by atoms with E-state index < -0.39 is 0 Å². The van der Waals surface area contributed by atoms with Crippen molar-refractivity contribution in [3.8, 4) is 11.8 Å². The molecule has 3 aromatic rings. The van der Waals surface area contributed by atoms with Gasteiger partial charge >= 0.3 is 0 Å². The van der Waals surface area contributed by atoms with Crippen LogP contribution in [0, 0.1) is 11.8 Å². The van der Waals surface area contributed by atoms with Crippen molar-refractivity contribution in [1.29, 1.82) is 0 Å². The van der Waals surface area contributed by atoms with Crippen LogP contribution in [0.4, 0.5) is 0 Å². The number of hydrogen-bond acceptors (Lipinski definition) is 2. The normalized spacial score (nSPS) is 19.5. The van der Waals surface area contributed by atoms with E-state index in [0.717, 1.165) is 35.9 Å². The summed E-state index contributed by atoms with van der Waals surface area (Å²) in [5, 5.41) is 2.12. The third-order valence-corrected chi connectivity index (χ3v) is 7.70. The Balaban J connectivity index is 1.69. The monoisotopic (exact) mass is 456 g/mol. The van der Waals surface area contributed by atoms with Crippen LogP contribution in [-0.4, -0.2) is 52.3 Å². The van der Waals surface area contributed by atoms with Crippen molar-refractivity contribution >= 4 is 28.2 Å². The highest BCUT2D eigenvalue weighted by atomic mass is 32.1. The van der Waals surface area contributed by atoms with Gasteiger partial charge in [-0.1, -0.05) is 36.3 Å². The highest BCUT2D eigenvalue weighted by Gasteiger charge is 2.38. The predicted molar refractivity (Wildman–Crippen MR) is 141 cm³/mol. The van der Waals surface area contributed by atoms with Gasteiger partial charge in [-0.15, -0.1) is 0 Å². The molecule has 5 rings (SSSR count). The summed E-state index contributed by atoms with van der Waals surface area (Å²) >= 11 is 5.81. The summed E-state index contributed by atoms with van der Waals surface area (Å²) in [6, 6.07) is 17.5. The minimum absolute atomic E-state index is 0.528. The zero-order valence-electron chi connectivity index (χ0n) is 19.8. The number of aromatic nitrogens is 1. The van der Waals surface area contributed by atoms with Crippen molar-refractivity contribution in [3.63, 3.8) is 0 Å². The molecule has 2 atom stereocenters. The lowest BCUT2D eigenvalue weighted by Crippen LogP contribution is -2.44. The maximum Gasteiger partial charge on any atom is 0.188 e. The summed E-state index contributed by atoms with van der Waals surface area (Å²) in [5.74, 6) is 7.54. The zero-order valence-corrected chi connectivity index (χ0v) is 20.6. The van der Waals surface area contributed by atoms with Gasteiger partial charge in [-0.25, -0.2) is 4.68 Å².